The average Bonchev–Trinajstić information content (AvgIpc) is 3.04. The van der Waals surface area contributed by atoms with Crippen molar-refractivity contribution in [3.63, 3.8) is 0 Å². The van der Waals surface area contributed by atoms with Crippen LogP contribution < -0.4 is 0 Å². The average molecular weight is 362 g/mol. The molecule has 0 aromatic heterocycles. The summed E-state index contributed by atoms with van der Waals surface area (Å²) in [6, 6.07) is 18.2. The van der Waals surface area contributed by atoms with Gasteiger partial charge in [0.25, 0.3) is 0 Å². The van der Waals surface area contributed by atoms with Crippen LogP contribution in [0.15, 0.2) is 59.7 Å². The van der Waals surface area contributed by atoms with Gasteiger partial charge in [-0.05, 0) is 0 Å². The van der Waals surface area contributed by atoms with Crippen molar-refractivity contribution in [2.45, 2.75) is 43.1 Å². The van der Waals surface area contributed by atoms with Gasteiger partial charge in [0.1, 0.15) is 0 Å². The first-order valence-electron chi connectivity index (χ1n) is 9.25. The summed E-state index contributed by atoms with van der Waals surface area (Å²) in [6.07, 6.45) is 0. The second-order valence-corrected chi connectivity index (χ2v) is 11.7. The van der Waals surface area contributed by atoms with Gasteiger partial charge in [0.05, 0.1) is 0 Å². The molecule has 2 aromatic carbocycles. The van der Waals surface area contributed by atoms with Crippen LogP contribution in [0.3, 0.4) is 0 Å². The van der Waals surface area contributed by atoms with Crippen LogP contribution in [0.5, 0.6) is 0 Å². The minimum atomic E-state index is -1.57. The van der Waals surface area contributed by atoms with E-state index in [-0.39, 0.29) is 0 Å². The molecule has 0 fully saturated rings. The third-order valence-corrected chi connectivity index (χ3v) is 11.8. The first-order valence-corrected chi connectivity index (χ1v) is 12.0. The van der Waals surface area contributed by atoms with Crippen molar-refractivity contribution in [2.24, 2.45) is 0 Å². The molecule has 2 unspecified atom stereocenters. The van der Waals surface area contributed by atoms with Crippen LogP contribution >= 0.6 is 0 Å². The van der Waals surface area contributed by atoms with Crippen LogP contribution in [0.2, 0.25) is 0 Å². The van der Waals surface area contributed by atoms with Crippen LogP contribution in [0, 0.1) is 0 Å². The molecule has 2 aliphatic rings. The van der Waals surface area contributed by atoms with E-state index in [4.69, 9.17) is 0 Å². The summed E-state index contributed by atoms with van der Waals surface area (Å²) in [5.41, 5.74) is 12.4. The molecule has 0 radical (unpaired) electrons. The molecule has 0 aliphatic heterocycles. The second kappa shape index (κ2) is 6.34. The van der Waals surface area contributed by atoms with Crippen molar-refractivity contribution in [3.05, 3.63) is 81.9 Å². The van der Waals surface area contributed by atoms with Crippen molar-refractivity contribution in [2.75, 3.05) is 0 Å². The molecule has 0 saturated carbocycles. The molecule has 126 valence electrons. The summed E-state index contributed by atoms with van der Waals surface area (Å²) in [6.45, 7) is 11.7. The first-order chi connectivity index (χ1) is 12.1. The van der Waals surface area contributed by atoms with Gasteiger partial charge in [-0.3, -0.25) is 0 Å². The van der Waals surface area contributed by atoms with Crippen LogP contribution in [-0.2, 0) is 17.4 Å². The van der Waals surface area contributed by atoms with E-state index in [0.717, 1.165) is 0 Å². The molecule has 0 N–H and O–H groups in total. The van der Waals surface area contributed by atoms with E-state index in [2.05, 4.69) is 87.5 Å². The van der Waals surface area contributed by atoms with Crippen LogP contribution in [0.1, 0.15) is 65.3 Å². The predicted octanol–water partition coefficient (Wildman–Crippen LogP) is 6.52. The zero-order chi connectivity index (χ0) is 17.7. The summed E-state index contributed by atoms with van der Waals surface area (Å²) in [4.78, 5) is 0. The quantitative estimate of drug-likeness (QED) is 0.533. The Morgan fingerprint density at radius 2 is 1.08 bits per heavy atom. The van der Waals surface area contributed by atoms with Gasteiger partial charge in [-0.1, -0.05) is 0 Å². The van der Waals surface area contributed by atoms with E-state index in [1.165, 1.54) is 22.3 Å². The summed E-state index contributed by atoms with van der Waals surface area (Å²) in [7, 11) is 0. The molecule has 2 atom stereocenters. The molecule has 25 heavy (non-hydrogen) atoms. The van der Waals surface area contributed by atoms with Crippen molar-refractivity contribution in [1.82, 2.24) is 0 Å². The summed E-state index contributed by atoms with van der Waals surface area (Å²) in [5.74, 6) is 0. The molecule has 0 bridgehead atoms. The third kappa shape index (κ3) is 2.42. The predicted molar refractivity (Wildman–Crippen MR) is 107 cm³/mol. The molecule has 2 aliphatic carbocycles. The monoisotopic (exact) mass is 362 g/mol. The van der Waals surface area contributed by atoms with Crippen molar-refractivity contribution in [3.8, 4) is 0 Å². The van der Waals surface area contributed by atoms with E-state index >= 15 is 0 Å². The Labute approximate surface area is 157 Å². The fourth-order valence-electron chi connectivity index (χ4n) is 4.86. The van der Waals surface area contributed by atoms with Crippen LogP contribution in [0.25, 0.3) is 11.1 Å². The van der Waals surface area contributed by atoms with E-state index in [9.17, 15) is 0 Å². The molecule has 0 spiro atoms. The molecule has 2 aromatic rings. The maximum absolute atomic E-state index is 2.62. The third-order valence-electron chi connectivity index (χ3n) is 6.40. The van der Waals surface area contributed by atoms with Gasteiger partial charge in [-0.15, -0.1) is 0 Å². The van der Waals surface area contributed by atoms with E-state index < -0.39 is 17.4 Å². The normalized spacial score (nSPS) is 21.5. The van der Waals surface area contributed by atoms with Gasteiger partial charge in [0, 0.05) is 0 Å². The Balaban J connectivity index is 1.89. The van der Waals surface area contributed by atoms with Gasteiger partial charge in [-0.25, -0.2) is 0 Å². The zero-order valence-corrected chi connectivity index (χ0v) is 17.4. The SMILES string of the molecule is C[CH]=[Ti]([CH]1C(C)=C(C)c2ccccc21)[CH]1C(C)=C(C)c2ccccc21. The fourth-order valence-corrected chi connectivity index (χ4v) is 10.6. The molecule has 0 nitrogen and oxygen atoms in total. The summed E-state index contributed by atoms with van der Waals surface area (Å²) in [5, 5.41) is 0. The molecule has 0 saturated heterocycles. The summed E-state index contributed by atoms with van der Waals surface area (Å²) < 4.78 is 3.92. The fraction of sp³-hybridized carbons (Fsp3) is 0.292. The number of hydrogen-bond acceptors (Lipinski definition) is 0. The summed E-state index contributed by atoms with van der Waals surface area (Å²) >= 11 is -1.57. The Kier molecular flexibility index (Phi) is 4.30. The van der Waals surface area contributed by atoms with Gasteiger partial charge in [0.15, 0.2) is 0 Å². The van der Waals surface area contributed by atoms with E-state index in [0.29, 0.717) is 8.45 Å². The van der Waals surface area contributed by atoms with Crippen molar-refractivity contribution >= 4 is 15.5 Å². The van der Waals surface area contributed by atoms with Crippen molar-refractivity contribution < 1.29 is 17.4 Å². The molecule has 0 amide bonds. The van der Waals surface area contributed by atoms with Crippen LogP contribution in [-0.4, -0.2) is 4.31 Å². The van der Waals surface area contributed by atoms with E-state index in [1.807, 2.05) is 0 Å². The number of fused-ring (bicyclic) bond motifs is 2. The second-order valence-electron chi connectivity index (χ2n) is 7.45. The molecule has 0 heterocycles. The molecular weight excluding hydrogens is 336 g/mol. The standard InChI is InChI=1S/2C11H11.C2H4.Ti/c2*1-8-7-10-5-3-4-6-11(10)9(8)2;1-2;/h2*3-7H,1-2H3;1H,2H3;. The van der Waals surface area contributed by atoms with Crippen LogP contribution in [0.4, 0.5) is 0 Å². The number of rotatable bonds is 2. The molecular formula is C24H26Ti. The van der Waals surface area contributed by atoms with Gasteiger partial charge >= 0.3 is 158 Å². The first kappa shape index (κ1) is 16.9. The topological polar surface area (TPSA) is 0 Å². The Morgan fingerprint density at radius 1 is 0.680 bits per heavy atom. The Bertz CT molecular complexity index is 880. The Hall–Kier alpha value is -1.50. The minimum absolute atomic E-state index is 0.653. The van der Waals surface area contributed by atoms with E-state index in [1.54, 1.807) is 22.3 Å². The Morgan fingerprint density at radius 3 is 1.48 bits per heavy atom. The number of benzene rings is 2. The molecule has 1 heteroatoms. The van der Waals surface area contributed by atoms with Gasteiger partial charge in [0.2, 0.25) is 0 Å². The van der Waals surface area contributed by atoms with Gasteiger partial charge < -0.3 is 0 Å². The number of allylic oxidation sites excluding steroid dienone is 4. The van der Waals surface area contributed by atoms with Crippen molar-refractivity contribution in [1.29, 1.82) is 0 Å². The zero-order valence-electron chi connectivity index (χ0n) is 15.9. The maximum atomic E-state index is 2.62. The molecule has 4 rings (SSSR count). The number of hydrogen-bond donors (Lipinski definition) is 0. The van der Waals surface area contributed by atoms with Gasteiger partial charge in [-0.2, -0.15) is 0 Å².